The number of hydrogen-bond acceptors (Lipinski definition) is 4. The van der Waals surface area contributed by atoms with Crippen molar-refractivity contribution < 1.29 is 9.53 Å². The van der Waals surface area contributed by atoms with Crippen LogP contribution >= 0.6 is 11.6 Å². The van der Waals surface area contributed by atoms with Crippen LogP contribution in [0.1, 0.15) is 6.92 Å². The van der Waals surface area contributed by atoms with Crippen LogP contribution in [0.15, 0.2) is 48.5 Å². The average molecular weight is 374 g/mol. The minimum atomic E-state index is -0.204. The third-order valence-corrected chi connectivity index (χ3v) is 4.74. The molecule has 2 aromatic rings. The van der Waals surface area contributed by atoms with Crippen molar-refractivity contribution in [1.29, 1.82) is 0 Å². The third-order valence-electron chi connectivity index (χ3n) is 4.51. The number of amides is 1. The van der Waals surface area contributed by atoms with Gasteiger partial charge >= 0.3 is 0 Å². The number of nitrogens with one attached hydrogen (secondary N) is 1. The summed E-state index contributed by atoms with van der Waals surface area (Å²) in [5, 5.41) is 3.54. The second kappa shape index (κ2) is 8.92. The number of nitrogens with zero attached hydrogens (tertiary/aromatic N) is 2. The molecule has 1 aliphatic heterocycles. The Bertz CT molecular complexity index is 731. The molecule has 1 fully saturated rings. The number of carbonyl (C=O) groups excluding carboxylic acids is 1. The quantitative estimate of drug-likeness (QED) is 0.841. The van der Waals surface area contributed by atoms with E-state index in [1.165, 1.54) is 0 Å². The maximum atomic E-state index is 12.3. The van der Waals surface area contributed by atoms with Gasteiger partial charge in [-0.2, -0.15) is 0 Å². The number of hydrogen-bond donors (Lipinski definition) is 1. The summed E-state index contributed by atoms with van der Waals surface area (Å²) in [7, 11) is 0. The minimum Gasteiger partial charge on any atom is -0.484 e. The molecule has 1 heterocycles. The van der Waals surface area contributed by atoms with Gasteiger partial charge in [0.1, 0.15) is 5.75 Å². The number of anilines is 2. The molecule has 138 valence electrons. The molecule has 26 heavy (non-hydrogen) atoms. The number of ether oxygens (including phenoxy) is 1. The molecular formula is C20H24ClN3O2. The van der Waals surface area contributed by atoms with Crippen LogP contribution in [0.2, 0.25) is 5.02 Å². The second-order valence-electron chi connectivity index (χ2n) is 6.23. The first-order chi connectivity index (χ1) is 12.7. The molecule has 0 radical (unpaired) electrons. The zero-order chi connectivity index (χ0) is 18.4. The van der Waals surface area contributed by atoms with Crippen LogP contribution in [0.4, 0.5) is 11.4 Å². The third kappa shape index (κ3) is 4.90. The SMILES string of the molecule is CCN1CCN(c2ccc(Cl)cc2NC(=O)COc2ccccc2)CC1. The molecule has 1 N–H and O–H groups in total. The first-order valence-corrected chi connectivity index (χ1v) is 9.28. The number of benzene rings is 2. The summed E-state index contributed by atoms with van der Waals surface area (Å²) in [6, 6.07) is 14.9. The number of likely N-dealkylation sites (N-methyl/N-ethyl adjacent to an activating group) is 1. The van der Waals surface area contributed by atoms with Crippen LogP contribution in [-0.2, 0) is 4.79 Å². The van der Waals surface area contributed by atoms with E-state index < -0.39 is 0 Å². The number of rotatable bonds is 6. The fourth-order valence-electron chi connectivity index (χ4n) is 3.04. The van der Waals surface area contributed by atoms with E-state index in [-0.39, 0.29) is 12.5 Å². The van der Waals surface area contributed by atoms with Gasteiger partial charge in [-0.3, -0.25) is 4.79 Å². The lowest BCUT2D eigenvalue weighted by molar-refractivity contribution is -0.118. The summed E-state index contributed by atoms with van der Waals surface area (Å²) in [6.07, 6.45) is 0. The highest BCUT2D eigenvalue weighted by atomic mass is 35.5. The molecule has 0 spiro atoms. The molecule has 5 nitrogen and oxygen atoms in total. The fraction of sp³-hybridized carbons (Fsp3) is 0.350. The summed E-state index contributed by atoms with van der Waals surface area (Å²) in [4.78, 5) is 17.0. The van der Waals surface area contributed by atoms with Crippen molar-refractivity contribution in [3.8, 4) is 5.75 Å². The number of piperazine rings is 1. The average Bonchev–Trinajstić information content (AvgIpc) is 2.67. The molecule has 0 aromatic heterocycles. The van der Waals surface area contributed by atoms with E-state index >= 15 is 0 Å². The highest BCUT2D eigenvalue weighted by Gasteiger charge is 2.19. The molecule has 0 bridgehead atoms. The Balaban J connectivity index is 1.65. The Labute approximate surface area is 159 Å². The van der Waals surface area contributed by atoms with Crippen molar-refractivity contribution >= 4 is 28.9 Å². The summed E-state index contributed by atoms with van der Waals surface area (Å²) in [5.74, 6) is 0.467. The lowest BCUT2D eigenvalue weighted by Gasteiger charge is -2.36. The topological polar surface area (TPSA) is 44.8 Å². The van der Waals surface area contributed by atoms with E-state index in [0.717, 1.165) is 44.1 Å². The second-order valence-corrected chi connectivity index (χ2v) is 6.67. The van der Waals surface area contributed by atoms with Gasteiger partial charge in [-0.1, -0.05) is 36.7 Å². The first kappa shape index (κ1) is 18.5. The molecule has 0 aliphatic carbocycles. The van der Waals surface area contributed by atoms with Gasteiger partial charge in [0, 0.05) is 31.2 Å². The minimum absolute atomic E-state index is 0.0421. The highest BCUT2D eigenvalue weighted by molar-refractivity contribution is 6.31. The molecule has 2 aromatic carbocycles. The van der Waals surface area contributed by atoms with Crippen molar-refractivity contribution in [1.82, 2.24) is 4.90 Å². The van der Waals surface area contributed by atoms with E-state index in [4.69, 9.17) is 16.3 Å². The van der Waals surface area contributed by atoms with Gasteiger partial charge in [-0.15, -0.1) is 0 Å². The lowest BCUT2D eigenvalue weighted by atomic mass is 10.2. The largest absolute Gasteiger partial charge is 0.484 e. The van der Waals surface area contributed by atoms with Gasteiger partial charge in [0.25, 0.3) is 5.91 Å². The summed E-state index contributed by atoms with van der Waals surface area (Å²) in [6.45, 7) is 7.09. The van der Waals surface area contributed by atoms with Crippen molar-refractivity contribution in [3.05, 3.63) is 53.6 Å². The Morgan fingerprint density at radius 2 is 1.85 bits per heavy atom. The van der Waals surface area contributed by atoms with Gasteiger partial charge in [-0.05, 0) is 36.9 Å². The molecular weight excluding hydrogens is 350 g/mol. The lowest BCUT2D eigenvalue weighted by Crippen LogP contribution is -2.46. The zero-order valence-corrected chi connectivity index (χ0v) is 15.7. The van der Waals surface area contributed by atoms with Gasteiger partial charge in [0.05, 0.1) is 11.4 Å². The monoisotopic (exact) mass is 373 g/mol. The van der Waals surface area contributed by atoms with E-state index in [2.05, 4.69) is 22.0 Å². The van der Waals surface area contributed by atoms with Gasteiger partial charge in [-0.25, -0.2) is 0 Å². The highest BCUT2D eigenvalue weighted by Crippen LogP contribution is 2.30. The Kier molecular flexibility index (Phi) is 6.36. The first-order valence-electron chi connectivity index (χ1n) is 8.90. The standard InChI is InChI=1S/C20H24ClN3O2/c1-2-23-10-12-24(13-11-23)19-9-8-16(21)14-18(19)22-20(25)15-26-17-6-4-3-5-7-17/h3-9,14H,2,10-13,15H2,1H3,(H,22,25). The smallest absolute Gasteiger partial charge is 0.262 e. The maximum Gasteiger partial charge on any atom is 0.262 e. The van der Waals surface area contributed by atoms with Crippen molar-refractivity contribution in [3.63, 3.8) is 0 Å². The van der Waals surface area contributed by atoms with Crippen LogP contribution in [0, 0.1) is 0 Å². The van der Waals surface area contributed by atoms with Crippen LogP contribution in [0.25, 0.3) is 0 Å². The van der Waals surface area contributed by atoms with E-state index in [1.54, 1.807) is 6.07 Å². The maximum absolute atomic E-state index is 12.3. The number of carbonyl (C=O) groups is 1. The molecule has 3 rings (SSSR count). The van der Waals surface area contributed by atoms with Crippen LogP contribution in [0.5, 0.6) is 5.75 Å². The van der Waals surface area contributed by atoms with Crippen LogP contribution in [0.3, 0.4) is 0 Å². The van der Waals surface area contributed by atoms with Crippen molar-refractivity contribution in [2.24, 2.45) is 0 Å². The van der Waals surface area contributed by atoms with Crippen LogP contribution < -0.4 is 15.0 Å². The Morgan fingerprint density at radius 3 is 2.54 bits per heavy atom. The number of para-hydroxylation sites is 1. The van der Waals surface area contributed by atoms with E-state index in [0.29, 0.717) is 10.8 Å². The predicted molar refractivity (Wildman–Crippen MR) is 106 cm³/mol. The van der Waals surface area contributed by atoms with E-state index in [9.17, 15) is 4.79 Å². The predicted octanol–water partition coefficient (Wildman–Crippen LogP) is 3.50. The summed E-state index contributed by atoms with van der Waals surface area (Å²) >= 11 is 6.15. The molecule has 1 amide bonds. The van der Waals surface area contributed by atoms with Gasteiger partial charge in [0.2, 0.25) is 0 Å². The normalized spacial score (nSPS) is 14.9. The molecule has 1 aliphatic rings. The molecule has 0 atom stereocenters. The van der Waals surface area contributed by atoms with Crippen molar-refractivity contribution in [2.45, 2.75) is 6.92 Å². The molecule has 6 heteroatoms. The molecule has 0 unspecified atom stereocenters. The van der Waals surface area contributed by atoms with Gasteiger partial charge < -0.3 is 19.9 Å². The summed E-state index contributed by atoms with van der Waals surface area (Å²) in [5.41, 5.74) is 1.72. The summed E-state index contributed by atoms with van der Waals surface area (Å²) < 4.78 is 5.52. The molecule has 0 saturated carbocycles. The fourth-order valence-corrected chi connectivity index (χ4v) is 3.21. The Hall–Kier alpha value is -2.24. The Morgan fingerprint density at radius 1 is 1.12 bits per heavy atom. The zero-order valence-electron chi connectivity index (χ0n) is 15.0. The van der Waals surface area contributed by atoms with Crippen LogP contribution in [-0.4, -0.2) is 50.1 Å². The van der Waals surface area contributed by atoms with E-state index in [1.807, 2.05) is 42.5 Å². The van der Waals surface area contributed by atoms with Crippen molar-refractivity contribution in [2.75, 3.05) is 49.5 Å². The van der Waals surface area contributed by atoms with Gasteiger partial charge in [0.15, 0.2) is 6.61 Å². The molecule has 1 saturated heterocycles. The number of halogens is 1.